The molecule has 0 aromatic heterocycles. The van der Waals surface area contributed by atoms with Gasteiger partial charge >= 0.3 is 5.97 Å². The molecule has 1 spiro atoms. The minimum Gasteiger partial charge on any atom is -0.469 e. The van der Waals surface area contributed by atoms with Crippen molar-refractivity contribution in [3.63, 3.8) is 0 Å². The molecule has 2 unspecified atom stereocenters. The van der Waals surface area contributed by atoms with Crippen molar-refractivity contribution in [2.75, 3.05) is 7.11 Å². The second-order valence-electron chi connectivity index (χ2n) is 4.46. The van der Waals surface area contributed by atoms with Gasteiger partial charge in [-0.25, -0.2) is 0 Å². The first kappa shape index (κ1) is 9.00. The molecule has 2 N–H and O–H groups in total. The number of nitrogens with two attached hydrogens (primary N) is 1. The van der Waals surface area contributed by atoms with Crippen molar-refractivity contribution in [2.45, 2.75) is 38.1 Å². The van der Waals surface area contributed by atoms with Gasteiger partial charge in [-0.15, -0.1) is 0 Å². The van der Waals surface area contributed by atoms with Gasteiger partial charge in [0.25, 0.3) is 0 Å². The maximum Gasteiger partial charge on any atom is 0.308 e. The minimum absolute atomic E-state index is 0.0613. The Morgan fingerprint density at radius 2 is 2.15 bits per heavy atom. The maximum absolute atomic E-state index is 11.3. The summed E-state index contributed by atoms with van der Waals surface area (Å²) in [6.07, 6.45) is 5.45. The number of ether oxygens (including phenoxy) is 1. The van der Waals surface area contributed by atoms with Crippen LogP contribution in [0.3, 0.4) is 0 Å². The summed E-state index contributed by atoms with van der Waals surface area (Å²) in [5.74, 6) is -0.0165. The van der Waals surface area contributed by atoms with E-state index in [-0.39, 0.29) is 17.9 Å². The molecule has 3 nitrogen and oxygen atoms in total. The second-order valence-corrected chi connectivity index (χ2v) is 4.46. The molecule has 0 heterocycles. The Morgan fingerprint density at radius 3 is 2.62 bits per heavy atom. The minimum atomic E-state index is -0.0778. The first-order valence-electron chi connectivity index (χ1n) is 5.01. The van der Waals surface area contributed by atoms with Gasteiger partial charge in [0.05, 0.1) is 13.0 Å². The largest absolute Gasteiger partial charge is 0.469 e. The van der Waals surface area contributed by atoms with E-state index in [0.717, 1.165) is 19.3 Å². The highest BCUT2D eigenvalue weighted by molar-refractivity contribution is 5.72. The molecular formula is C10H17NO2. The van der Waals surface area contributed by atoms with E-state index in [0.29, 0.717) is 5.41 Å². The highest BCUT2D eigenvalue weighted by atomic mass is 16.5. The van der Waals surface area contributed by atoms with Crippen LogP contribution < -0.4 is 5.73 Å². The summed E-state index contributed by atoms with van der Waals surface area (Å²) in [5.41, 5.74) is 6.47. The van der Waals surface area contributed by atoms with Crippen LogP contribution in [0.15, 0.2) is 0 Å². The number of hydrogen-bond acceptors (Lipinski definition) is 3. The smallest absolute Gasteiger partial charge is 0.308 e. The Bertz CT molecular complexity index is 223. The topological polar surface area (TPSA) is 52.3 Å². The van der Waals surface area contributed by atoms with Gasteiger partial charge in [0.2, 0.25) is 0 Å². The van der Waals surface area contributed by atoms with Gasteiger partial charge in [-0.1, -0.05) is 0 Å². The van der Waals surface area contributed by atoms with Crippen LogP contribution >= 0.6 is 0 Å². The van der Waals surface area contributed by atoms with Crippen LogP contribution in [0, 0.1) is 11.3 Å². The molecule has 0 amide bonds. The quantitative estimate of drug-likeness (QED) is 0.618. The number of rotatable bonds is 1. The summed E-state index contributed by atoms with van der Waals surface area (Å²) in [7, 11) is 1.45. The van der Waals surface area contributed by atoms with Gasteiger partial charge in [0, 0.05) is 6.04 Å². The Labute approximate surface area is 78.6 Å². The van der Waals surface area contributed by atoms with Crippen LogP contribution in [0.5, 0.6) is 0 Å². The third kappa shape index (κ3) is 1.46. The van der Waals surface area contributed by atoms with E-state index in [2.05, 4.69) is 0 Å². The lowest BCUT2D eigenvalue weighted by Crippen LogP contribution is -2.40. The van der Waals surface area contributed by atoms with Gasteiger partial charge in [-0.05, 0) is 37.5 Å². The summed E-state index contributed by atoms with van der Waals surface area (Å²) >= 11 is 0. The van der Waals surface area contributed by atoms with Crippen molar-refractivity contribution >= 4 is 5.97 Å². The fraction of sp³-hybridized carbons (Fsp3) is 0.900. The summed E-state index contributed by atoms with van der Waals surface area (Å²) < 4.78 is 4.73. The molecule has 2 aliphatic rings. The van der Waals surface area contributed by atoms with Crippen LogP contribution in [0.4, 0.5) is 0 Å². The number of carbonyl (C=O) groups is 1. The highest BCUT2D eigenvalue weighted by Crippen LogP contribution is 2.56. The molecule has 2 rings (SSSR count). The van der Waals surface area contributed by atoms with E-state index in [1.54, 1.807) is 0 Å². The van der Waals surface area contributed by atoms with Crippen molar-refractivity contribution in [3.05, 3.63) is 0 Å². The van der Waals surface area contributed by atoms with Crippen LogP contribution in [-0.4, -0.2) is 19.1 Å². The lowest BCUT2D eigenvalue weighted by molar-refractivity contribution is -0.147. The fourth-order valence-corrected chi connectivity index (χ4v) is 2.48. The zero-order chi connectivity index (χ0) is 9.47. The maximum atomic E-state index is 11.3. The molecule has 0 aliphatic heterocycles. The average Bonchev–Trinajstić information content (AvgIpc) is 2.90. The van der Waals surface area contributed by atoms with Gasteiger partial charge < -0.3 is 10.5 Å². The molecule has 3 heteroatoms. The molecule has 2 saturated carbocycles. The third-order valence-corrected chi connectivity index (χ3v) is 3.74. The normalized spacial score (nSPS) is 35.8. The van der Waals surface area contributed by atoms with Crippen molar-refractivity contribution in [2.24, 2.45) is 17.1 Å². The van der Waals surface area contributed by atoms with Crippen LogP contribution in [-0.2, 0) is 9.53 Å². The summed E-state index contributed by atoms with van der Waals surface area (Å²) in [6, 6.07) is 0.227. The molecule has 2 fully saturated rings. The molecule has 13 heavy (non-hydrogen) atoms. The van der Waals surface area contributed by atoms with Crippen LogP contribution in [0.25, 0.3) is 0 Å². The van der Waals surface area contributed by atoms with E-state index in [9.17, 15) is 4.79 Å². The molecule has 0 saturated heterocycles. The van der Waals surface area contributed by atoms with Crippen molar-refractivity contribution < 1.29 is 9.53 Å². The predicted molar refractivity (Wildman–Crippen MR) is 49.0 cm³/mol. The second kappa shape index (κ2) is 2.98. The monoisotopic (exact) mass is 183 g/mol. The van der Waals surface area contributed by atoms with E-state index in [4.69, 9.17) is 10.5 Å². The molecule has 2 atom stereocenters. The van der Waals surface area contributed by atoms with E-state index >= 15 is 0 Å². The van der Waals surface area contributed by atoms with E-state index in [1.807, 2.05) is 0 Å². The van der Waals surface area contributed by atoms with Gasteiger partial charge in [0.15, 0.2) is 0 Å². The van der Waals surface area contributed by atoms with E-state index < -0.39 is 0 Å². The average molecular weight is 183 g/mol. The molecule has 74 valence electrons. The van der Waals surface area contributed by atoms with Gasteiger partial charge in [-0.2, -0.15) is 0 Å². The standard InChI is InChI=1S/C10H17NO2/c1-13-9(12)7-2-3-10(4-5-10)8(11)6-7/h7-8H,2-6,11H2,1H3. The van der Waals surface area contributed by atoms with E-state index in [1.165, 1.54) is 20.0 Å². The van der Waals surface area contributed by atoms with Gasteiger partial charge in [0.1, 0.15) is 0 Å². The molecule has 0 bridgehead atoms. The Morgan fingerprint density at radius 1 is 1.46 bits per heavy atom. The SMILES string of the molecule is COC(=O)C1CCC2(CC2)C(N)C1. The summed E-state index contributed by atoms with van der Waals surface area (Å²) in [6.45, 7) is 0. The van der Waals surface area contributed by atoms with Crippen molar-refractivity contribution in [1.82, 2.24) is 0 Å². The lowest BCUT2D eigenvalue weighted by Gasteiger charge is -2.32. The zero-order valence-corrected chi connectivity index (χ0v) is 8.08. The van der Waals surface area contributed by atoms with Crippen LogP contribution in [0.2, 0.25) is 0 Å². The number of carbonyl (C=O) groups excluding carboxylic acids is 1. The summed E-state index contributed by atoms with van der Waals surface area (Å²) in [4.78, 5) is 11.3. The summed E-state index contributed by atoms with van der Waals surface area (Å²) in [5, 5.41) is 0. The Hall–Kier alpha value is -0.570. The third-order valence-electron chi connectivity index (χ3n) is 3.74. The number of methoxy groups -OCH3 is 1. The Kier molecular flexibility index (Phi) is 2.06. The predicted octanol–water partition coefficient (Wildman–Crippen LogP) is 1.07. The first-order valence-corrected chi connectivity index (χ1v) is 5.01. The highest BCUT2D eigenvalue weighted by Gasteiger charge is 2.51. The fourth-order valence-electron chi connectivity index (χ4n) is 2.48. The molecular weight excluding hydrogens is 166 g/mol. The zero-order valence-electron chi connectivity index (χ0n) is 8.08. The van der Waals surface area contributed by atoms with Crippen LogP contribution in [0.1, 0.15) is 32.1 Å². The van der Waals surface area contributed by atoms with Crippen molar-refractivity contribution in [1.29, 1.82) is 0 Å². The van der Waals surface area contributed by atoms with Crippen molar-refractivity contribution in [3.8, 4) is 0 Å². The Balaban J connectivity index is 1.95. The lowest BCUT2D eigenvalue weighted by atomic mass is 9.76. The number of hydrogen-bond donors (Lipinski definition) is 1. The molecule has 0 aromatic carbocycles. The molecule has 2 aliphatic carbocycles. The molecule has 0 aromatic rings. The number of esters is 1. The van der Waals surface area contributed by atoms with Gasteiger partial charge in [-0.3, -0.25) is 4.79 Å². The first-order chi connectivity index (χ1) is 6.18. The molecule has 0 radical (unpaired) electrons.